The van der Waals surface area contributed by atoms with Gasteiger partial charge in [0.25, 0.3) is 0 Å². The molecule has 1 heterocycles. The lowest BCUT2D eigenvalue weighted by Crippen LogP contribution is -2.50. The van der Waals surface area contributed by atoms with Crippen molar-refractivity contribution >= 4 is 23.3 Å². The van der Waals surface area contributed by atoms with Crippen LogP contribution in [0.1, 0.15) is 37.7 Å². The van der Waals surface area contributed by atoms with E-state index in [1.54, 1.807) is 0 Å². The lowest BCUT2D eigenvalue weighted by molar-refractivity contribution is 0.158. The second-order valence-electron chi connectivity index (χ2n) is 8.85. The molecule has 154 valence electrons. The van der Waals surface area contributed by atoms with E-state index in [-0.39, 0.29) is 6.03 Å². The monoisotopic (exact) mass is 404 g/mol. The molecule has 2 saturated carbocycles. The Bertz CT molecular complexity index is 694. The zero-order valence-electron chi connectivity index (χ0n) is 17.2. The number of aryl methyl sites for hydroxylation is 1. The smallest absolute Gasteiger partial charge is 0.317 e. The van der Waals surface area contributed by atoms with E-state index in [0.29, 0.717) is 12.1 Å². The van der Waals surface area contributed by atoms with Crippen LogP contribution in [-0.4, -0.2) is 67.7 Å². The molecule has 5 nitrogen and oxygen atoms in total. The molecule has 1 saturated heterocycles. The Hall–Kier alpha value is -1.46. The largest absolute Gasteiger partial charge is 0.368 e. The number of nitrogens with one attached hydrogen (secondary N) is 1. The van der Waals surface area contributed by atoms with Crippen molar-refractivity contribution in [3.8, 4) is 0 Å². The molecular weight excluding hydrogens is 372 g/mol. The Kier molecular flexibility index (Phi) is 6.02. The zero-order valence-corrected chi connectivity index (χ0v) is 17.9. The predicted molar refractivity (Wildman–Crippen MR) is 115 cm³/mol. The van der Waals surface area contributed by atoms with Crippen molar-refractivity contribution in [1.82, 2.24) is 15.1 Å². The lowest BCUT2D eigenvalue weighted by atomic mass is 9.78. The van der Waals surface area contributed by atoms with Crippen LogP contribution in [-0.2, 0) is 0 Å². The number of halogens is 1. The van der Waals surface area contributed by atoms with Gasteiger partial charge in [-0.1, -0.05) is 23.7 Å². The van der Waals surface area contributed by atoms with E-state index >= 15 is 0 Å². The molecule has 1 aliphatic heterocycles. The number of hydrogen-bond donors (Lipinski definition) is 1. The number of urea groups is 1. The molecule has 3 fully saturated rings. The molecule has 0 bridgehead atoms. The van der Waals surface area contributed by atoms with Gasteiger partial charge in [0.1, 0.15) is 0 Å². The molecule has 1 aromatic carbocycles. The van der Waals surface area contributed by atoms with Crippen molar-refractivity contribution in [2.45, 2.75) is 51.1 Å². The van der Waals surface area contributed by atoms with Crippen LogP contribution >= 0.6 is 11.6 Å². The maximum Gasteiger partial charge on any atom is 0.317 e. The van der Waals surface area contributed by atoms with Gasteiger partial charge >= 0.3 is 6.03 Å². The normalized spacial score (nSPS) is 25.3. The van der Waals surface area contributed by atoms with E-state index in [4.69, 9.17) is 11.6 Å². The molecule has 0 unspecified atom stereocenters. The molecule has 0 atom stereocenters. The number of carbonyl (C=O) groups is 1. The molecule has 28 heavy (non-hydrogen) atoms. The number of rotatable bonds is 6. The second-order valence-corrected chi connectivity index (χ2v) is 9.23. The summed E-state index contributed by atoms with van der Waals surface area (Å²) in [5.41, 5.74) is 2.33. The first-order chi connectivity index (χ1) is 13.5. The Morgan fingerprint density at radius 2 is 1.93 bits per heavy atom. The molecule has 4 rings (SSSR count). The summed E-state index contributed by atoms with van der Waals surface area (Å²) in [5.74, 6) is 0.765. The second kappa shape index (κ2) is 8.50. The van der Waals surface area contributed by atoms with Gasteiger partial charge in [0, 0.05) is 45.3 Å². The predicted octanol–water partition coefficient (Wildman–Crippen LogP) is 3.74. The van der Waals surface area contributed by atoms with Crippen molar-refractivity contribution in [1.29, 1.82) is 0 Å². The molecule has 6 heteroatoms. The molecule has 2 amide bonds. The summed E-state index contributed by atoms with van der Waals surface area (Å²) in [4.78, 5) is 19.0. The maximum atomic E-state index is 12.1. The zero-order chi connectivity index (χ0) is 19.7. The van der Waals surface area contributed by atoms with Crippen LogP contribution < -0.4 is 10.2 Å². The Morgan fingerprint density at radius 1 is 1.21 bits per heavy atom. The third kappa shape index (κ3) is 4.57. The van der Waals surface area contributed by atoms with Gasteiger partial charge in [0.15, 0.2) is 0 Å². The van der Waals surface area contributed by atoms with Gasteiger partial charge in [-0.2, -0.15) is 0 Å². The van der Waals surface area contributed by atoms with E-state index < -0.39 is 0 Å². The van der Waals surface area contributed by atoms with Crippen molar-refractivity contribution in [2.24, 2.45) is 5.92 Å². The minimum atomic E-state index is 0.122. The van der Waals surface area contributed by atoms with Crippen LogP contribution in [0.25, 0.3) is 0 Å². The topological polar surface area (TPSA) is 38.8 Å². The molecule has 2 aliphatic carbocycles. The molecule has 0 spiro atoms. The summed E-state index contributed by atoms with van der Waals surface area (Å²) in [6, 6.07) is 7.30. The quantitative estimate of drug-likeness (QED) is 0.784. The van der Waals surface area contributed by atoms with Gasteiger partial charge < -0.3 is 15.1 Å². The van der Waals surface area contributed by atoms with Crippen molar-refractivity contribution in [2.75, 3.05) is 44.7 Å². The summed E-state index contributed by atoms with van der Waals surface area (Å²) in [5, 5.41) is 4.09. The minimum absolute atomic E-state index is 0.122. The molecule has 1 aromatic rings. The number of nitrogens with zero attached hydrogens (tertiary/aromatic N) is 3. The van der Waals surface area contributed by atoms with Crippen LogP contribution in [0, 0.1) is 12.8 Å². The first kappa shape index (κ1) is 19.8. The fraction of sp³-hybridized carbons (Fsp3) is 0.682. The fourth-order valence-corrected chi connectivity index (χ4v) is 4.69. The third-order valence-corrected chi connectivity index (χ3v) is 7.21. The summed E-state index contributed by atoms with van der Waals surface area (Å²) in [6.45, 7) is 7.52. The van der Waals surface area contributed by atoms with Gasteiger partial charge in [0.05, 0.1) is 10.7 Å². The molecular formula is C22H33ClN4O. The first-order valence-electron chi connectivity index (χ1n) is 10.8. The maximum absolute atomic E-state index is 12.1. The number of carbonyl (C=O) groups excluding carboxylic acids is 1. The average Bonchev–Trinajstić information content (AvgIpc) is 3.50. The van der Waals surface area contributed by atoms with E-state index in [1.807, 2.05) is 11.9 Å². The third-order valence-electron chi connectivity index (χ3n) is 6.72. The highest BCUT2D eigenvalue weighted by Gasteiger charge is 2.34. The Labute approximate surface area is 174 Å². The molecule has 0 radical (unpaired) electrons. The number of piperazine rings is 1. The van der Waals surface area contributed by atoms with Gasteiger partial charge in [-0.05, 0) is 63.1 Å². The van der Waals surface area contributed by atoms with Crippen LogP contribution in [0.2, 0.25) is 5.02 Å². The molecule has 3 aliphatic rings. The fourth-order valence-electron chi connectivity index (χ4n) is 4.45. The number of benzene rings is 1. The average molecular weight is 405 g/mol. The van der Waals surface area contributed by atoms with E-state index in [9.17, 15) is 4.79 Å². The highest BCUT2D eigenvalue weighted by Crippen LogP contribution is 2.32. The van der Waals surface area contributed by atoms with Crippen molar-refractivity contribution in [3.05, 3.63) is 28.8 Å². The van der Waals surface area contributed by atoms with Crippen LogP contribution in [0.15, 0.2) is 18.2 Å². The van der Waals surface area contributed by atoms with Crippen molar-refractivity contribution in [3.63, 3.8) is 0 Å². The first-order valence-corrected chi connectivity index (χ1v) is 11.1. The van der Waals surface area contributed by atoms with Crippen LogP contribution in [0.5, 0.6) is 0 Å². The Balaban J connectivity index is 1.13. The summed E-state index contributed by atoms with van der Waals surface area (Å²) in [7, 11) is 1.92. The number of anilines is 1. The summed E-state index contributed by atoms with van der Waals surface area (Å²) < 4.78 is 0. The SMILES string of the molecule is Cc1cccc(N2CCN(CCC3CC(NC(=O)N(C)C4CC4)C3)CC2)c1Cl. The number of amides is 2. The van der Waals surface area contributed by atoms with Crippen LogP contribution in [0.4, 0.5) is 10.5 Å². The number of hydrogen-bond acceptors (Lipinski definition) is 3. The standard InChI is InChI=1S/C22H33ClN4O/c1-16-4-3-5-20(21(16)23)27-12-10-26(11-13-27)9-8-17-14-18(15-17)24-22(28)25(2)19-6-7-19/h3-5,17-19H,6-15H2,1-2H3,(H,24,28). The van der Waals surface area contributed by atoms with Crippen LogP contribution in [0.3, 0.4) is 0 Å². The summed E-state index contributed by atoms with van der Waals surface area (Å²) in [6.07, 6.45) is 5.86. The highest BCUT2D eigenvalue weighted by atomic mass is 35.5. The van der Waals surface area contributed by atoms with E-state index in [1.165, 1.54) is 31.5 Å². The van der Waals surface area contributed by atoms with E-state index in [2.05, 4.69) is 40.2 Å². The lowest BCUT2D eigenvalue weighted by Gasteiger charge is -2.40. The van der Waals surface area contributed by atoms with Gasteiger partial charge in [0.2, 0.25) is 0 Å². The highest BCUT2D eigenvalue weighted by molar-refractivity contribution is 6.34. The summed E-state index contributed by atoms with van der Waals surface area (Å²) >= 11 is 6.49. The molecule has 0 aromatic heterocycles. The van der Waals surface area contributed by atoms with Gasteiger partial charge in [-0.25, -0.2) is 4.79 Å². The van der Waals surface area contributed by atoms with Gasteiger partial charge in [-0.15, -0.1) is 0 Å². The van der Waals surface area contributed by atoms with E-state index in [0.717, 1.165) is 55.5 Å². The Morgan fingerprint density at radius 3 is 2.61 bits per heavy atom. The van der Waals surface area contributed by atoms with Gasteiger partial charge in [-0.3, -0.25) is 4.90 Å². The minimum Gasteiger partial charge on any atom is -0.368 e. The molecule has 1 N–H and O–H groups in total. The van der Waals surface area contributed by atoms with Crippen molar-refractivity contribution < 1.29 is 4.79 Å².